The molecule has 102 valence electrons. The summed E-state index contributed by atoms with van der Waals surface area (Å²) in [5.74, 6) is -0.807. The Morgan fingerprint density at radius 1 is 1.22 bits per heavy atom. The lowest BCUT2D eigenvalue weighted by Crippen LogP contribution is -2.40. The molecule has 3 N–H and O–H groups in total. The Bertz CT molecular complexity index is 327. The summed E-state index contributed by atoms with van der Waals surface area (Å²) in [7, 11) is 0. The summed E-state index contributed by atoms with van der Waals surface area (Å²) < 4.78 is 0. The summed E-state index contributed by atoms with van der Waals surface area (Å²) in [5, 5.41) is 8.47. The number of carbonyl (C=O) groups is 3. The molecule has 0 radical (unpaired) electrons. The Balaban J connectivity index is 2.23. The summed E-state index contributed by atoms with van der Waals surface area (Å²) in [6.45, 7) is 1.26. The van der Waals surface area contributed by atoms with Crippen LogP contribution in [-0.4, -0.2) is 52.4 Å². The number of carboxylic acids is 1. The van der Waals surface area contributed by atoms with Crippen LogP contribution in [0.3, 0.4) is 0 Å². The lowest BCUT2D eigenvalue weighted by Gasteiger charge is -2.31. The standard InChI is InChI=1S/C11H18N2O4S/c12-9(14)5-8-1-3-13(4-2-8)10(15)6-18-7-11(16)17/h8H,1-7H2,(H2,12,14)(H,16,17). The maximum absolute atomic E-state index is 11.7. The zero-order valence-electron chi connectivity index (χ0n) is 10.1. The highest BCUT2D eigenvalue weighted by Crippen LogP contribution is 2.20. The molecule has 1 saturated heterocycles. The zero-order valence-corrected chi connectivity index (χ0v) is 10.9. The molecule has 1 fully saturated rings. The van der Waals surface area contributed by atoms with Gasteiger partial charge >= 0.3 is 5.97 Å². The van der Waals surface area contributed by atoms with Gasteiger partial charge in [-0.2, -0.15) is 0 Å². The summed E-state index contributed by atoms with van der Waals surface area (Å²) in [5.41, 5.74) is 5.13. The SMILES string of the molecule is NC(=O)CC1CCN(C(=O)CSCC(=O)O)CC1. The molecule has 6 nitrogen and oxygen atoms in total. The van der Waals surface area contributed by atoms with Crippen LogP contribution in [0, 0.1) is 5.92 Å². The van der Waals surface area contributed by atoms with E-state index in [4.69, 9.17) is 10.8 Å². The van der Waals surface area contributed by atoms with Crippen LogP contribution >= 0.6 is 11.8 Å². The highest BCUT2D eigenvalue weighted by molar-refractivity contribution is 8.00. The van der Waals surface area contributed by atoms with E-state index >= 15 is 0 Å². The molecule has 7 heteroatoms. The van der Waals surface area contributed by atoms with Crippen LogP contribution in [-0.2, 0) is 14.4 Å². The predicted octanol–water partition coefficient (Wildman–Crippen LogP) is -0.0818. The minimum atomic E-state index is -0.909. The van der Waals surface area contributed by atoms with Gasteiger partial charge in [0, 0.05) is 19.5 Å². The summed E-state index contributed by atoms with van der Waals surface area (Å²) in [6.07, 6.45) is 1.96. The van der Waals surface area contributed by atoms with E-state index in [0.29, 0.717) is 19.5 Å². The number of piperidine rings is 1. The number of nitrogens with zero attached hydrogens (tertiary/aromatic N) is 1. The van der Waals surface area contributed by atoms with Crippen LogP contribution in [0.4, 0.5) is 0 Å². The van der Waals surface area contributed by atoms with Crippen LogP contribution in [0.25, 0.3) is 0 Å². The highest BCUT2D eigenvalue weighted by atomic mass is 32.2. The number of hydrogen-bond donors (Lipinski definition) is 2. The fourth-order valence-electron chi connectivity index (χ4n) is 1.99. The number of aliphatic carboxylic acids is 1. The summed E-state index contributed by atoms with van der Waals surface area (Å²) in [6, 6.07) is 0. The van der Waals surface area contributed by atoms with Crippen molar-refractivity contribution in [3.05, 3.63) is 0 Å². The van der Waals surface area contributed by atoms with Gasteiger partial charge in [-0.05, 0) is 18.8 Å². The number of amides is 2. The average Bonchev–Trinajstić information content (AvgIpc) is 2.28. The molecule has 0 aromatic rings. The van der Waals surface area contributed by atoms with Crippen molar-refractivity contribution in [2.45, 2.75) is 19.3 Å². The molecule has 0 spiro atoms. The van der Waals surface area contributed by atoms with E-state index < -0.39 is 5.97 Å². The van der Waals surface area contributed by atoms with Crippen molar-refractivity contribution >= 4 is 29.5 Å². The van der Waals surface area contributed by atoms with Crippen LogP contribution < -0.4 is 5.73 Å². The Morgan fingerprint density at radius 2 is 1.83 bits per heavy atom. The number of rotatable bonds is 6. The third-order valence-electron chi connectivity index (χ3n) is 2.91. The topological polar surface area (TPSA) is 101 Å². The molecule has 1 rings (SSSR count). The monoisotopic (exact) mass is 274 g/mol. The van der Waals surface area contributed by atoms with Gasteiger partial charge in [0.05, 0.1) is 11.5 Å². The van der Waals surface area contributed by atoms with E-state index in [-0.39, 0.29) is 29.2 Å². The number of nitrogens with two attached hydrogens (primary N) is 1. The Morgan fingerprint density at radius 3 is 2.33 bits per heavy atom. The first-order valence-corrected chi connectivity index (χ1v) is 7.00. The van der Waals surface area contributed by atoms with Crippen molar-refractivity contribution < 1.29 is 19.5 Å². The van der Waals surface area contributed by atoms with E-state index in [0.717, 1.165) is 24.6 Å². The van der Waals surface area contributed by atoms with Crippen molar-refractivity contribution in [3.8, 4) is 0 Å². The number of likely N-dealkylation sites (tertiary alicyclic amines) is 1. The maximum atomic E-state index is 11.7. The second-order valence-electron chi connectivity index (χ2n) is 4.38. The third kappa shape index (κ3) is 5.39. The lowest BCUT2D eigenvalue weighted by molar-refractivity contribution is -0.134. The molecule has 18 heavy (non-hydrogen) atoms. The molecule has 0 atom stereocenters. The number of carboxylic acid groups (broad SMARTS) is 1. The molecule has 1 aliphatic heterocycles. The summed E-state index contributed by atoms with van der Waals surface area (Å²) in [4.78, 5) is 34.5. The first-order chi connectivity index (χ1) is 8.49. The fourth-order valence-corrected chi connectivity index (χ4v) is 2.62. The molecule has 2 amide bonds. The average molecular weight is 274 g/mol. The fraction of sp³-hybridized carbons (Fsp3) is 0.727. The van der Waals surface area contributed by atoms with Gasteiger partial charge in [0.2, 0.25) is 11.8 Å². The molecular formula is C11H18N2O4S. The van der Waals surface area contributed by atoms with Crippen molar-refractivity contribution in [1.29, 1.82) is 0 Å². The number of thioether (sulfide) groups is 1. The first-order valence-electron chi connectivity index (χ1n) is 5.84. The normalized spacial score (nSPS) is 16.6. The van der Waals surface area contributed by atoms with Gasteiger partial charge in [-0.1, -0.05) is 0 Å². The van der Waals surface area contributed by atoms with Crippen molar-refractivity contribution in [2.24, 2.45) is 11.7 Å². The molecule has 0 aromatic heterocycles. The van der Waals surface area contributed by atoms with Gasteiger partial charge in [0.25, 0.3) is 0 Å². The van der Waals surface area contributed by atoms with Crippen molar-refractivity contribution in [1.82, 2.24) is 4.90 Å². The molecule has 1 heterocycles. The second kappa shape index (κ2) is 7.25. The van der Waals surface area contributed by atoms with Gasteiger partial charge in [-0.3, -0.25) is 14.4 Å². The third-order valence-corrected chi connectivity index (χ3v) is 3.81. The zero-order chi connectivity index (χ0) is 13.5. The molecule has 0 aromatic carbocycles. The molecular weight excluding hydrogens is 256 g/mol. The van der Waals surface area contributed by atoms with Crippen molar-refractivity contribution in [3.63, 3.8) is 0 Å². The van der Waals surface area contributed by atoms with Gasteiger partial charge in [0.1, 0.15) is 0 Å². The van der Waals surface area contributed by atoms with E-state index in [1.54, 1.807) is 4.90 Å². The Hall–Kier alpha value is -1.24. The van der Waals surface area contributed by atoms with Gasteiger partial charge in [-0.15, -0.1) is 11.8 Å². The molecule has 0 aliphatic carbocycles. The van der Waals surface area contributed by atoms with E-state index in [1.165, 1.54) is 0 Å². The molecule has 0 bridgehead atoms. The first kappa shape index (κ1) is 14.8. The Kier molecular flexibility index (Phi) is 5.97. The quantitative estimate of drug-likeness (QED) is 0.705. The van der Waals surface area contributed by atoms with Crippen molar-refractivity contribution in [2.75, 3.05) is 24.6 Å². The Labute approximate surface area is 110 Å². The van der Waals surface area contributed by atoms with Crippen LogP contribution in [0.1, 0.15) is 19.3 Å². The summed E-state index contributed by atoms with van der Waals surface area (Å²) >= 11 is 1.11. The number of primary amides is 1. The van der Waals surface area contributed by atoms with Gasteiger partial charge in [0.15, 0.2) is 0 Å². The minimum Gasteiger partial charge on any atom is -0.481 e. The highest BCUT2D eigenvalue weighted by Gasteiger charge is 2.23. The molecule has 0 unspecified atom stereocenters. The lowest BCUT2D eigenvalue weighted by atomic mass is 9.93. The van der Waals surface area contributed by atoms with E-state index in [9.17, 15) is 14.4 Å². The van der Waals surface area contributed by atoms with Gasteiger partial charge in [-0.25, -0.2) is 0 Å². The number of hydrogen-bond acceptors (Lipinski definition) is 4. The van der Waals surface area contributed by atoms with Crippen LogP contribution in [0.15, 0.2) is 0 Å². The minimum absolute atomic E-state index is 0.0289. The molecule has 1 aliphatic rings. The van der Waals surface area contributed by atoms with E-state index in [1.807, 2.05) is 0 Å². The predicted molar refractivity (Wildman–Crippen MR) is 68.1 cm³/mol. The largest absolute Gasteiger partial charge is 0.481 e. The second-order valence-corrected chi connectivity index (χ2v) is 5.37. The van der Waals surface area contributed by atoms with Gasteiger partial charge < -0.3 is 15.7 Å². The van der Waals surface area contributed by atoms with Crippen LogP contribution in [0.2, 0.25) is 0 Å². The van der Waals surface area contributed by atoms with E-state index in [2.05, 4.69) is 0 Å². The van der Waals surface area contributed by atoms with Crippen LogP contribution in [0.5, 0.6) is 0 Å². The smallest absolute Gasteiger partial charge is 0.313 e. The molecule has 0 saturated carbocycles. The maximum Gasteiger partial charge on any atom is 0.313 e. The number of carbonyl (C=O) groups excluding carboxylic acids is 2.